The number of carbonyl (C=O) groups excluding carboxylic acids is 1. The third kappa shape index (κ3) is 5.94. The van der Waals surface area contributed by atoms with E-state index in [4.69, 9.17) is 4.74 Å². The summed E-state index contributed by atoms with van der Waals surface area (Å²) in [5.41, 5.74) is 0.612. The Bertz CT molecular complexity index is 639. The molecule has 1 aliphatic rings. The Hall–Kier alpha value is -1.62. The maximum atomic E-state index is 13.1. The summed E-state index contributed by atoms with van der Waals surface area (Å²) in [4.78, 5) is 22.1. The average molecular weight is 390 g/mol. The maximum Gasteiger partial charge on any atom is 0.416 e. The first-order valence-corrected chi connectivity index (χ1v) is 10.8. The number of anilines is 1. The van der Waals surface area contributed by atoms with E-state index in [1.807, 2.05) is 26.8 Å². The second-order valence-corrected chi connectivity index (χ2v) is 9.42. The minimum absolute atomic E-state index is 0.0191. The van der Waals surface area contributed by atoms with Crippen LogP contribution in [0.25, 0.3) is 0 Å². The lowest BCUT2D eigenvalue weighted by molar-refractivity contribution is 0.0564. The van der Waals surface area contributed by atoms with Crippen LogP contribution in [0, 0.1) is 5.92 Å². The van der Waals surface area contributed by atoms with Crippen molar-refractivity contribution in [3.63, 3.8) is 0 Å². The number of likely N-dealkylation sites (tertiary alicyclic amines) is 1. The minimum Gasteiger partial charge on any atom is -0.443 e. The van der Waals surface area contributed by atoms with Crippen molar-refractivity contribution in [2.45, 2.75) is 91.8 Å². The zero-order valence-electron chi connectivity index (χ0n) is 18.9. The van der Waals surface area contributed by atoms with Crippen LogP contribution >= 0.6 is 0 Å². The SMILES string of the molecule is CC[C@H](C)N(C(=O)OC(C)(C)C)c1ncccc1[C@H]1CCCCN1CC(C)C. The molecular formula is C23H39N3O2. The predicted octanol–water partition coefficient (Wildman–Crippen LogP) is 5.80. The molecule has 1 aromatic heterocycles. The molecular weight excluding hydrogens is 350 g/mol. The van der Waals surface area contributed by atoms with Gasteiger partial charge in [0.05, 0.1) is 0 Å². The molecule has 5 nitrogen and oxygen atoms in total. The molecule has 28 heavy (non-hydrogen) atoms. The van der Waals surface area contributed by atoms with Crippen LogP contribution in [0.15, 0.2) is 18.3 Å². The Morgan fingerprint density at radius 1 is 1.32 bits per heavy atom. The number of piperidine rings is 1. The van der Waals surface area contributed by atoms with Gasteiger partial charge in [0, 0.05) is 30.4 Å². The molecule has 2 heterocycles. The summed E-state index contributed by atoms with van der Waals surface area (Å²) >= 11 is 0. The monoisotopic (exact) mass is 389 g/mol. The number of amides is 1. The van der Waals surface area contributed by atoms with Crippen molar-refractivity contribution in [3.05, 3.63) is 23.9 Å². The van der Waals surface area contributed by atoms with Gasteiger partial charge in [-0.3, -0.25) is 9.80 Å². The number of ether oxygens (including phenoxy) is 1. The lowest BCUT2D eigenvalue weighted by Gasteiger charge is -2.39. The fraction of sp³-hybridized carbons (Fsp3) is 0.739. The fourth-order valence-corrected chi connectivity index (χ4v) is 3.87. The molecule has 0 aliphatic carbocycles. The number of aromatic nitrogens is 1. The Labute approximate surface area is 171 Å². The van der Waals surface area contributed by atoms with Crippen LogP contribution in [0.3, 0.4) is 0 Å². The quantitative estimate of drug-likeness (QED) is 0.616. The van der Waals surface area contributed by atoms with Crippen LogP contribution in [0.2, 0.25) is 0 Å². The highest BCUT2D eigenvalue weighted by Gasteiger charge is 2.33. The van der Waals surface area contributed by atoms with E-state index in [9.17, 15) is 4.79 Å². The first-order chi connectivity index (χ1) is 13.1. The second kappa shape index (κ2) is 9.73. The number of hydrogen-bond donors (Lipinski definition) is 0. The standard InChI is InChI=1S/C23H39N3O2/c1-8-18(4)26(22(27)28-23(5,6)7)21-19(12-11-14-24-21)20-13-9-10-15-25(20)16-17(2)3/h11-12,14,17-18,20H,8-10,13,15-16H2,1-7H3/t18-,20+/m0/s1. The number of rotatable bonds is 6. The van der Waals surface area contributed by atoms with Crippen LogP contribution in [-0.4, -0.2) is 40.7 Å². The smallest absolute Gasteiger partial charge is 0.416 e. The van der Waals surface area contributed by atoms with Crippen LogP contribution in [0.1, 0.15) is 85.8 Å². The van der Waals surface area contributed by atoms with Crippen LogP contribution in [0.4, 0.5) is 10.6 Å². The highest BCUT2D eigenvalue weighted by molar-refractivity contribution is 5.88. The molecule has 0 N–H and O–H groups in total. The molecule has 1 amide bonds. The van der Waals surface area contributed by atoms with Crippen LogP contribution < -0.4 is 4.90 Å². The molecule has 0 unspecified atom stereocenters. The highest BCUT2D eigenvalue weighted by Crippen LogP contribution is 2.37. The van der Waals surface area contributed by atoms with Gasteiger partial charge in [-0.2, -0.15) is 0 Å². The lowest BCUT2D eigenvalue weighted by Crippen LogP contribution is -2.44. The molecule has 1 saturated heterocycles. The summed E-state index contributed by atoms with van der Waals surface area (Å²) in [5, 5.41) is 0. The summed E-state index contributed by atoms with van der Waals surface area (Å²) in [5.74, 6) is 1.36. The molecule has 1 aromatic rings. The Morgan fingerprint density at radius 2 is 2.04 bits per heavy atom. The van der Waals surface area contributed by atoms with Gasteiger partial charge in [0.2, 0.25) is 0 Å². The van der Waals surface area contributed by atoms with Crippen molar-refractivity contribution in [1.29, 1.82) is 0 Å². The van der Waals surface area contributed by atoms with E-state index in [-0.39, 0.29) is 12.1 Å². The van der Waals surface area contributed by atoms with Crippen molar-refractivity contribution in [2.24, 2.45) is 5.92 Å². The van der Waals surface area contributed by atoms with Gasteiger partial charge in [-0.15, -0.1) is 0 Å². The zero-order valence-corrected chi connectivity index (χ0v) is 18.9. The van der Waals surface area contributed by atoms with Gasteiger partial charge in [-0.25, -0.2) is 9.78 Å². The predicted molar refractivity (Wildman–Crippen MR) is 116 cm³/mol. The number of nitrogens with zero attached hydrogens (tertiary/aromatic N) is 3. The Balaban J connectivity index is 2.44. The summed E-state index contributed by atoms with van der Waals surface area (Å²) in [7, 11) is 0. The third-order valence-electron chi connectivity index (χ3n) is 5.24. The van der Waals surface area contributed by atoms with Crippen molar-refractivity contribution < 1.29 is 9.53 Å². The molecule has 0 radical (unpaired) electrons. The largest absolute Gasteiger partial charge is 0.443 e. The van der Waals surface area contributed by atoms with E-state index in [0.29, 0.717) is 12.0 Å². The van der Waals surface area contributed by atoms with Crippen molar-refractivity contribution in [3.8, 4) is 0 Å². The maximum absolute atomic E-state index is 13.1. The summed E-state index contributed by atoms with van der Waals surface area (Å²) in [6, 6.07) is 4.45. The average Bonchev–Trinajstić information content (AvgIpc) is 2.61. The molecule has 2 atom stereocenters. The van der Waals surface area contributed by atoms with E-state index >= 15 is 0 Å². The molecule has 158 valence electrons. The first-order valence-electron chi connectivity index (χ1n) is 10.8. The molecule has 0 bridgehead atoms. The van der Waals surface area contributed by atoms with E-state index in [1.165, 1.54) is 12.8 Å². The van der Waals surface area contributed by atoms with Gasteiger partial charge in [-0.1, -0.05) is 33.3 Å². The number of pyridine rings is 1. The molecule has 1 aliphatic heterocycles. The Kier molecular flexibility index (Phi) is 7.87. The third-order valence-corrected chi connectivity index (χ3v) is 5.24. The molecule has 1 fully saturated rings. The Morgan fingerprint density at radius 3 is 2.64 bits per heavy atom. The minimum atomic E-state index is -0.535. The van der Waals surface area contributed by atoms with Gasteiger partial charge in [0.1, 0.15) is 11.4 Å². The van der Waals surface area contributed by atoms with Crippen molar-refractivity contribution in [1.82, 2.24) is 9.88 Å². The molecule has 0 aromatic carbocycles. The zero-order chi connectivity index (χ0) is 20.9. The molecule has 2 rings (SSSR count). The van der Waals surface area contributed by atoms with Gasteiger partial charge in [0.25, 0.3) is 0 Å². The van der Waals surface area contributed by atoms with Gasteiger partial charge >= 0.3 is 6.09 Å². The first kappa shape index (κ1) is 22.7. The summed E-state index contributed by atoms with van der Waals surface area (Å²) in [6.45, 7) is 16.6. The second-order valence-electron chi connectivity index (χ2n) is 9.42. The van der Waals surface area contributed by atoms with Gasteiger partial charge in [-0.05, 0) is 65.5 Å². The van der Waals surface area contributed by atoms with Crippen LogP contribution in [0.5, 0.6) is 0 Å². The molecule has 0 spiro atoms. The van der Waals surface area contributed by atoms with Crippen molar-refractivity contribution >= 4 is 11.9 Å². The topological polar surface area (TPSA) is 45.7 Å². The van der Waals surface area contributed by atoms with Gasteiger partial charge in [0.15, 0.2) is 0 Å². The van der Waals surface area contributed by atoms with E-state index in [2.05, 4.69) is 43.6 Å². The molecule has 0 saturated carbocycles. The van der Waals surface area contributed by atoms with Crippen molar-refractivity contribution in [2.75, 3.05) is 18.0 Å². The lowest BCUT2D eigenvalue weighted by atomic mass is 9.94. The normalized spacial score (nSPS) is 19.5. The fourth-order valence-electron chi connectivity index (χ4n) is 3.87. The van der Waals surface area contributed by atoms with E-state index in [1.54, 1.807) is 11.1 Å². The van der Waals surface area contributed by atoms with Crippen LogP contribution in [-0.2, 0) is 4.74 Å². The van der Waals surface area contributed by atoms with E-state index < -0.39 is 5.60 Å². The highest BCUT2D eigenvalue weighted by atomic mass is 16.6. The summed E-state index contributed by atoms with van der Waals surface area (Å²) in [6.07, 6.45) is 5.87. The molecule has 5 heteroatoms. The van der Waals surface area contributed by atoms with Gasteiger partial charge < -0.3 is 4.74 Å². The number of hydrogen-bond acceptors (Lipinski definition) is 4. The summed E-state index contributed by atoms with van der Waals surface area (Å²) < 4.78 is 5.74. The van der Waals surface area contributed by atoms with E-state index in [0.717, 1.165) is 37.3 Å². The number of carbonyl (C=O) groups is 1.